The van der Waals surface area contributed by atoms with E-state index in [0.29, 0.717) is 6.42 Å². The van der Waals surface area contributed by atoms with Crippen LogP contribution in [-0.4, -0.2) is 36.4 Å². The van der Waals surface area contributed by atoms with Gasteiger partial charge in [-0.2, -0.15) is 0 Å². The van der Waals surface area contributed by atoms with Crippen molar-refractivity contribution in [2.45, 2.75) is 31.8 Å². The predicted molar refractivity (Wildman–Crippen MR) is 70.2 cm³/mol. The van der Waals surface area contributed by atoms with Gasteiger partial charge in [-0.1, -0.05) is 6.07 Å². The molecule has 0 saturated carbocycles. The fourth-order valence-electron chi connectivity index (χ4n) is 2.91. The minimum Gasteiger partial charge on any atom is -0.486 e. The molecule has 2 heterocycles. The number of carbonyl (C=O) groups excluding carboxylic acids is 1. The minimum atomic E-state index is -0.246. The normalized spacial score (nSPS) is 22.7. The second-order valence-electron chi connectivity index (χ2n) is 5.69. The van der Waals surface area contributed by atoms with Gasteiger partial charge in [0.2, 0.25) is 0 Å². The Kier molecular flexibility index (Phi) is 2.67. The van der Waals surface area contributed by atoms with E-state index >= 15 is 0 Å². The molecule has 2 aliphatic rings. The third kappa shape index (κ3) is 1.93. The Balaban J connectivity index is 1.93. The molecule has 1 fully saturated rings. The molecule has 96 valence electrons. The van der Waals surface area contributed by atoms with Crippen LogP contribution >= 0.6 is 0 Å². The van der Waals surface area contributed by atoms with Gasteiger partial charge in [0, 0.05) is 25.9 Å². The monoisotopic (exact) mass is 245 g/mol. The SMILES string of the molecule is Cc1ccc2c(c1)OC1(CCN(C)CC1)CC2=O. The van der Waals surface area contributed by atoms with E-state index in [4.69, 9.17) is 4.74 Å². The zero-order chi connectivity index (χ0) is 12.8. The lowest BCUT2D eigenvalue weighted by atomic mass is 9.82. The number of fused-ring (bicyclic) bond motifs is 1. The molecule has 18 heavy (non-hydrogen) atoms. The van der Waals surface area contributed by atoms with Crippen LogP contribution in [0.3, 0.4) is 0 Å². The Morgan fingerprint density at radius 1 is 1.28 bits per heavy atom. The predicted octanol–water partition coefficient (Wildman–Crippen LogP) is 2.42. The molecule has 0 radical (unpaired) electrons. The summed E-state index contributed by atoms with van der Waals surface area (Å²) >= 11 is 0. The highest BCUT2D eigenvalue weighted by molar-refractivity contribution is 6.00. The molecular weight excluding hydrogens is 226 g/mol. The van der Waals surface area contributed by atoms with Crippen molar-refractivity contribution in [2.75, 3.05) is 20.1 Å². The molecule has 3 heteroatoms. The summed E-state index contributed by atoms with van der Waals surface area (Å²) < 4.78 is 6.21. The largest absolute Gasteiger partial charge is 0.486 e. The average Bonchev–Trinajstić information content (AvgIpc) is 2.33. The summed E-state index contributed by atoms with van der Waals surface area (Å²) in [5.41, 5.74) is 1.65. The molecule has 2 aliphatic heterocycles. The van der Waals surface area contributed by atoms with E-state index < -0.39 is 0 Å². The van der Waals surface area contributed by atoms with Crippen molar-refractivity contribution < 1.29 is 9.53 Å². The van der Waals surface area contributed by atoms with Crippen LogP contribution < -0.4 is 4.74 Å². The van der Waals surface area contributed by atoms with Gasteiger partial charge in [-0.15, -0.1) is 0 Å². The van der Waals surface area contributed by atoms with Crippen molar-refractivity contribution in [1.82, 2.24) is 4.90 Å². The summed E-state index contributed by atoms with van der Waals surface area (Å²) in [6.45, 7) is 4.05. The Morgan fingerprint density at radius 2 is 2.00 bits per heavy atom. The first kappa shape index (κ1) is 11.7. The zero-order valence-electron chi connectivity index (χ0n) is 11.0. The highest BCUT2D eigenvalue weighted by Gasteiger charge is 2.42. The first-order valence-electron chi connectivity index (χ1n) is 6.59. The van der Waals surface area contributed by atoms with E-state index in [2.05, 4.69) is 11.9 Å². The molecule has 1 saturated heterocycles. The number of piperidine rings is 1. The lowest BCUT2D eigenvalue weighted by molar-refractivity contribution is -0.00370. The molecule has 1 spiro atoms. The quantitative estimate of drug-likeness (QED) is 0.703. The number of rotatable bonds is 0. The topological polar surface area (TPSA) is 29.5 Å². The van der Waals surface area contributed by atoms with E-state index in [-0.39, 0.29) is 11.4 Å². The second-order valence-corrected chi connectivity index (χ2v) is 5.69. The molecule has 0 aromatic heterocycles. The number of hydrogen-bond donors (Lipinski definition) is 0. The molecule has 0 aliphatic carbocycles. The second kappa shape index (κ2) is 4.09. The number of ether oxygens (including phenoxy) is 1. The van der Waals surface area contributed by atoms with Crippen molar-refractivity contribution in [3.05, 3.63) is 29.3 Å². The van der Waals surface area contributed by atoms with Gasteiger partial charge in [-0.25, -0.2) is 0 Å². The fraction of sp³-hybridized carbons (Fsp3) is 0.533. The summed E-state index contributed by atoms with van der Waals surface area (Å²) in [5.74, 6) is 1.02. The van der Waals surface area contributed by atoms with Crippen LogP contribution in [0.5, 0.6) is 5.75 Å². The summed E-state index contributed by atoms with van der Waals surface area (Å²) in [6, 6.07) is 5.87. The maximum Gasteiger partial charge on any atom is 0.170 e. The van der Waals surface area contributed by atoms with Crippen molar-refractivity contribution in [1.29, 1.82) is 0 Å². The van der Waals surface area contributed by atoms with E-state index in [1.54, 1.807) is 0 Å². The molecule has 0 N–H and O–H groups in total. The Bertz CT molecular complexity index is 487. The molecule has 0 bridgehead atoms. The van der Waals surface area contributed by atoms with E-state index in [1.807, 2.05) is 25.1 Å². The van der Waals surface area contributed by atoms with Crippen LogP contribution in [0, 0.1) is 6.92 Å². The first-order chi connectivity index (χ1) is 8.58. The van der Waals surface area contributed by atoms with Gasteiger partial charge in [0.25, 0.3) is 0 Å². The van der Waals surface area contributed by atoms with Crippen LogP contribution in [0.4, 0.5) is 0 Å². The molecule has 1 aromatic carbocycles. The maximum atomic E-state index is 12.3. The summed E-state index contributed by atoms with van der Waals surface area (Å²) in [7, 11) is 2.12. The van der Waals surface area contributed by atoms with E-state index in [9.17, 15) is 4.79 Å². The number of ketones is 1. The maximum absolute atomic E-state index is 12.3. The average molecular weight is 245 g/mol. The van der Waals surface area contributed by atoms with Gasteiger partial charge in [0.15, 0.2) is 5.78 Å². The minimum absolute atomic E-state index is 0.237. The summed E-state index contributed by atoms with van der Waals surface area (Å²) in [6.07, 6.45) is 2.43. The van der Waals surface area contributed by atoms with Crippen LogP contribution in [0.15, 0.2) is 18.2 Å². The number of Topliss-reactive ketones (excluding diaryl/α,β-unsaturated/α-hetero) is 1. The Morgan fingerprint density at radius 3 is 2.72 bits per heavy atom. The lowest BCUT2D eigenvalue weighted by Gasteiger charge is -2.43. The van der Waals surface area contributed by atoms with Gasteiger partial charge in [-0.3, -0.25) is 4.79 Å². The molecule has 3 nitrogen and oxygen atoms in total. The van der Waals surface area contributed by atoms with E-state index in [1.165, 1.54) is 0 Å². The Hall–Kier alpha value is -1.35. The summed E-state index contributed by atoms with van der Waals surface area (Å²) in [5, 5.41) is 0. The van der Waals surface area contributed by atoms with Crippen LogP contribution in [-0.2, 0) is 0 Å². The molecule has 0 amide bonds. The molecule has 0 unspecified atom stereocenters. The van der Waals surface area contributed by atoms with Gasteiger partial charge in [-0.05, 0) is 31.7 Å². The molecule has 3 rings (SSSR count). The standard InChI is InChI=1S/C15H19NO2/c1-11-3-4-12-13(17)10-15(18-14(12)9-11)5-7-16(2)8-6-15/h3-4,9H,5-8,10H2,1-2H3. The number of carbonyl (C=O) groups is 1. The summed E-state index contributed by atoms with van der Waals surface area (Å²) in [4.78, 5) is 14.6. The number of hydrogen-bond acceptors (Lipinski definition) is 3. The van der Waals surface area contributed by atoms with Crippen LogP contribution in [0.2, 0.25) is 0 Å². The van der Waals surface area contributed by atoms with Crippen molar-refractivity contribution in [2.24, 2.45) is 0 Å². The first-order valence-corrected chi connectivity index (χ1v) is 6.59. The highest BCUT2D eigenvalue weighted by Crippen LogP contribution is 2.39. The Labute approximate surface area is 108 Å². The molecule has 0 atom stereocenters. The van der Waals surface area contributed by atoms with Gasteiger partial charge in [0.1, 0.15) is 11.4 Å². The number of likely N-dealkylation sites (tertiary alicyclic amines) is 1. The van der Waals surface area contributed by atoms with Crippen molar-refractivity contribution in [3.8, 4) is 5.75 Å². The molecule has 1 aromatic rings. The highest BCUT2D eigenvalue weighted by atomic mass is 16.5. The molecular formula is C15H19NO2. The fourth-order valence-corrected chi connectivity index (χ4v) is 2.91. The zero-order valence-corrected chi connectivity index (χ0v) is 11.0. The van der Waals surface area contributed by atoms with Crippen LogP contribution in [0.25, 0.3) is 0 Å². The number of nitrogens with zero attached hydrogens (tertiary/aromatic N) is 1. The van der Waals surface area contributed by atoms with Crippen molar-refractivity contribution in [3.63, 3.8) is 0 Å². The number of aryl methyl sites for hydroxylation is 1. The van der Waals surface area contributed by atoms with E-state index in [0.717, 1.165) is 42.8 Å². The number of benzene rings is 1. The third-order valence-corrected chi connectivity index (χ3v) is 4.14. The lowest BCUT2D eigenvalue weighted by Crippen LogP contribution is -2.50. The smallest absolute Gasteiger partial charge is 0.170 e. The van der Waals surface area contributed by atoms with Gasteiger partial charge in [0.05, 0.1) is 12.0 Å². The van der Waals surface area contributed by atoms with Gasteiger partial charge >= 0.3 is 0 Å². The van der Waals surface area contributed by atoms with Crippen molar-refractivity contribution >= 4 is 5.78 Å². The third-order valence-electron chi connectivity index (χ3n) is 4.14. The van der Waals surface area contributed by atoms with Crippen LogP contribution in [0.1, 0.15) is 35.2 Å². The van der Waals surface area contributed by atoms with Gasteiger partial charge < -0.3 is 9.64 Å².